The van der Waals surface area contributed by atoms with Gasteiger partial charge in [-0.15, -0.1) is 0 Å². The first-order chi connectivity index (χ1) is 20.2. The van der Waals surface area contributed by atoms with Gasteiger partial charge in [-0.3, -0.25) is 4.57 Å². The van der Waals surface area contributed by atoms with Gasteiger partial charge in [-0.05, 0) is 41.5 Å². The fourth-order valence-electron chi connectivity index (χ4n) is 6.24. The summed E-state index contributed by atoms with van der Waals surface area (Å²) in [6.45, 7) is 2.68. The molecule has 0 spiro atoms. The number of hydrogen-bond acceptors (Lipinski definition) is 3. The molecular formula is C36H27BrN4. The fourth-order valence-corrected chi connectivity index (χ4v) is 6.59. The highest BCUT2D eigenvalue weighted by molar-refractivity contribution is 9.10. The quantitative estimate of drug-likeness (QED) is 0.203. The molecule has 0 amide bonds. The molecule has 4 nitrogen and oxygen atoms in total. The summed E-state index contributed by atoms with van der Waals surface area (Å²) >= 11 is 3.67. The van der Waals surface area contributed by atoms with E-state index in [2.05, 4.69) is 158 Å². The zero-order chi connectivity index (χ0) is 27.3. The van der Waals surface area contributed by atoms with Crippen molar-refractivity contribution in [1.29, 1.82) is 0 Å². The number of para-hydroxylation sites is 1. The Hall–Kier alpha value is -4.61. The number of imidazole rings is 1. The molecule has 1 aromatic heterocycles. The molecule has 2 aliphatic rings. The average Bonchev–Trinajstić information content (AvgIpc) is 3.43. The van der Waals surface area contributed by atoms with Crippen molar-refractivity contribution in [2.24, 2.45) is 0 Å². The van der Waals surface area contributed by atoms with E-state index in [1.165, 1.54) is 22.5 Å². The normalized spacial score (nSPS) is 13.6. The van der Waals surface area contributed by atoms with E-state index >= 15 is 0 Å². The standard InChI is InChI=1S/C36H27BrN4/c37-30-19-18-29-23-39-24-40(33(29)21-30)22-28-17-16-27(20-32(28)39)36-38-34(25-10-4-1-5-11-25)35(26-12-6-2-7-13-26)41(36)31-14-8-3-9-15-31/h1-21H,22-24H2. The maximum absolute atomic E-state index is 5.41. The molecule has 41 heavy (non-hydrogen) atoms. The van der Waals surface area contributed by atoms with Gasteiger partial charge in [0.15, 0.2) is 0 Å². The Morgan fingerprint density at radius 3 is 1.83 bits per heavy atom. The van der Waals surface area contributed by atoms with Crippen molar-refractivity contribution < 1.29 is 0 Å². The predicted molar refractivity (Wildman–Crippen MR) is 171 cm³/mol. The molecule has 0 fully saturated rings. The summed E-state index contributed by atoms with van der Waals surface area (Å²) in [5.74, 6) is 0.945. The Bertz CT molecular complexity index is 1880. The third kappa shape index (κ3) is 4.16. The number of rotatable bonds is 4. The predicted octanol–water partition coefficient (Wildman–Crippen LogP) is 8.93. The van der Waals surface area contributed by atoms with Crippen LogP contribution in [0.25, 0.3) is 39.6 Å². The van der Waals surface area contributed by atoms with Crippen LogP contribution >= 0.6 is 15.9 Å². The molecule has 5 aromatic carbocycles. The van der Waals surface area contributed by atoms with Gasteiger partial charge in [0, 0.05) is 51.3 Å². The van der Waals surface area contributed by atoms with Crippen LogP contribution in [0.1, 0.15) is 11.1 Å². The first-order valence-corrected chi connectivity index (χ1v) is 14.7. The van der Waals surface area contributed by atoms with Crippen LogP contribution in [0.5, 0.6) is 0 Å². The van der Waals surface area contributed by atoms with E-state index in [9.17, 15) is 0 Å². The second-order valence-electron chi connectivity index (χ2n) is 10.7. The topological polar surface area (TPSA) is 24.3 Å². The van der Waals surface area contributed by atoms with Crippen molar-refractivity contribution in [3.63, 3.8) is 0 Å². The molecule has 2 aliphatic heterocycles. The maximum Gasteiger partial charge on any atom is 0.145 e. The lowest BCUT2D eigenvalue weighted by molar-refractivity contribution is 0.651. The highest BCUT2D eigenvalue weighted by Gasteiger charge is 2.30. The summed E-state index contributed by atoms with van der Waals surface area (Å²) in [5, 5.41) is 0. The molecule has 0 saturated carbocycles. The minimum Gasteiger partial charge on any atom is -0.349 e. The number of nitrogens with zero attached hydrogens (tertiary/aromatic N) is 4. The van der Waals surface area contributed by atoms with Crippen molar-refractivity contribution in [2.45, 2.75) is 13.1 Å². The molecule has 6 aromatic rings. The van der Waals surface area contributed by atoms with E-state index in [4.69, 9.17) is 4.98 Å². The van der Waals surface area contributed by atoms with E-state index in [-0.39, 0.29) is 0 Å². The molecule has 2 bridgehead atoms. The van der Waals surface area contributed by atoms with Crippen molar-refractivity contribution in [2.75, 3.05) is 16.5 Å². The molecule has 3 heterocycles. The summed E-state index contributed by atoms with van der Waals surface area (Å²) < 4.78 is 3.46. The number of halogens is 1. The monoisotopic (exact) mass is 594 g/mol. The lowest BCUT2D eigenvalue weighted by atomic mass is 10.00. The van der Waals surface area contributed by atoms with Gasteiger partial charge in [-0.25, -0.2) is 4.98 Å². The Labute approximate surface area is 248 Å². The third-order valence-electron chi connectivity index (χ3n) is 8.12. The minimum atomic E-state index is 0.886. The van der Waals surface area contributed by atoms with E-state index in [0.717, 1.165) is 63.8 Å². The van der Waals surface area contributed by atoms with E-state index < -0.39 is 0 Å². The Morgan fingerprint density at radius 1 is 0.561 bits per heavy atom. The van der Waals surface area contributed by atoms with Crippen LogP contribution in [-0.2, 0) is 13.1 Å². The summed E-state index contributed by atoms with van der Waals surface area (Å²) in [6.07, 6.45) is 0. The highest BCUT2D eigenvalue weighted by atomic mass is 79.9. The van der Waals surface area contributed by atoms with Gasteiger partial charge in [0.05, 0.1) is 18.1 Å². The minimum absolute atomic E-state index is 0.886. The van der Waals surface area contributed by atoms with Gasteiger partial charge in [-0.1, -0.05) is 113 Å². The molecule has 198 valence electrons. The summed E-state index contributed by atoms with van der Waals surface area (Å²) in [7, 11) is 0. The van der Waals surface area contributed by atoms with Crippen molar-refractivity contribution in [3.05, 3.63) is 143 Å². The molecule has 0 N–H and O–H groups in total. The Morgan fingerprint density at radius 2 is 1.15 bits per heavy atom. The van der Waals surface area contributed by atoms with Crippen LogP contribution in [0.15, 0.2) is 132 Å². The SMILES string of the molecule is Brc1ccc2c(c1)N1Cc3ccc(-c4nc(-c5ccccc5)c(-c5ccccc5)n4-c4ccccc4)cc3N(C2)C1. The number of fused-ring (bicyclic) bond motifs is 6. The van der Waals surface area contributed by atoms with Crippen LogP contribution in [0.4, 0.5) is 11.4 Å². The zero-order valence-electron chi connectivity index (χ0n) is 22.4. The molecule has 0 atom stereocenters. The lowest BCUT2D eigenvalue weighted by Crippen LogP contribution is -2.46. The van der Waals surface area contributed by atoms with Gasteiger partial charge >= 0.3 is 0 Å². The summed E-state index contributed by atoms with van der Waals surface area (Å²) in [6, 6.07) is 45.3. The van der Waals surface area contributed by atoms with E-state index in [1.807, 2.05) is 0 Å². The van der Waals surface area contributed by atoms with Crippen LogP contribution in [-0.4, -0.2) is 16.2 Å². The van der Waals surface area contributed by atoms with Gasteiger partial charge < -0.3 is 9.80 Å². The third-order valence-corrected chi connectivity index (χ3v) is 8.62. The number of anilines is 2. The van der Waals surface area contributed by atoms with Gasteiger partial charge in [0.25, 0.3) is 0 Å². The Kier molecular flexibility index (Phi) is 5.78. The fraction of sp³-hybridized carbons (Fsp3) is 0.0833. The Balaban J connectivity index is 1.33. The first-order valence-electron chi connectivity index (χ1n) is 13.9. The van der Waals surface area contributed by atoms with Crippen LogP contribution in [0, 0.1) is 0 Å². The maximum atomic E-state index is 5.41. The van der Waals surface area contributed by atoms with Crippen molar-refractivity contribution in [3.8, 4) is 39.6 Å². The molecular weight excluding hydrogens is 568 g/mol. The van der Waals surface area contributed by atoms with E-state index in [1.54, 1.807) is 0 Å². The van der Waals surface area contributed by atoms with E-state index in [0.29, 0.717) is 0 Å². The lowest BCUT2D eigenvalue weighted by Gasteiger charge is -2.45. The van der Waals surface area contributed by atoms with Crippen molar-refractivity contribution in [1.82, 2.24) is 9.55 Å². The van der Waals surface area contributed by atoms with Gasteiger partial charge in [0.1, 0.15) is 5.82 Å². The molecule has 0 aliphatic carbocycles. The molecule has 8 rings (SSSR count). The average molecular weight is 596 g/mol. The van der Waals surface area contributed by atoms with Crippen LogP contribution < -0.4 is 9.80 Å². The second kappa shape index (κ2) is 9.79. The highest BCUT2D eigenvalue weighted by Crippen LogP contribution is 2.43. The molecule has 0 saturated heterocycles. The largest absolute Gasteiger partial charge is 0.349 e. The summed E-state index contributed by atoms with van der Waals surface area (Å²) in [5.41, 5.74) is 11.9. The first kappa shape index (κ1) is 24.2. The molecule has 0 radical (unpaired) electrons. The molecule has 5 heteroatoms. The smallest absolute Gasteiger partial charge is 0.145 e. The number of hydrogen-bond donors (Lipinski definition) is 0. The molecule has 0 unspecified atom stereocenters. The van der Waals surface area contributed by atoms with Crippen molar-refractivity contribution >= 4 is 27.3 Å². The number of aromatic nitrogens is 2. The van der Waals surface area contributed by atoms with Crippen LogP contribution in [0.3, 0.4) is 0 Å². The summed E-state index contributed by atoms with van der Waals surface area (Å²) in [4.78, 5) is 10.4. The van der Waals surface area contributed by atoms with Crippen LogP contribution in [0.2, 0.25) is 0 Å². The van der Waals surface area contributed by atoms with Gasteiger partial charge in [0.2, 0.25) is 0 Å². The number of benzene rings is 5. The van der Waals surface area contributed by atoms with Gasteiger partial charge in [-0.2, -0.15) is 0 Å². The zero-order valence-corrected chi connectivity index (χ0v) is 24.0. The second-order valence-corrected chi connectivity index (χ2v) is 11.6.